The van der Waals surface area contributed by atoms with E-state index in [1.54, 1.807) is 31.3 Å². The van der Waals surface area contributed by atoms with Gasteiger partial charge in [0.15, 0.2) is 11.2 Å². The molecule has 1 fully saturated rings. The van der Waals surface area contributed by atoms with Gasteiger partial charge >= 0.3 is 35.8 Å². The zero-order chi connectivity index (χ0) is 56.3. The van der Waals surface area contributed by atoms with Crippen molar-refractivity contribution in [1.82, 2.24) is 55.0 Å². The minimum absolute atomic E-state index is 0.0662. The van der Waals surface area contributed by atoms with Crippen molar-refractivity contribution in [2.45, 2.75) is 70.4 Å². The van der Waals surface area contributed by atoms with Gasteiger partial charge in [-0.05, 0) is 81.2 Å². The first-order valence-corrected chi connectivity index (χ1v) is 26.4. The standard InChI is InChI=1S/C47H52F3N15O11S2/c1-25-19-32-35(37(51)55-25)59-45(74)65(32)22-26-5-11-33(53-20-26)63(16-15-62-13-3-2-4-14-62)46(75)76-17-18-77-78-24-31(42(71)72)57-34(66)12-10-30(41(69)70)58-39(67)27-6-8-29(9-7-27)64(43(73)47(48,49)50)23-28-21-54-38-36(56-28)40(68)61-44(52)60-38/h5-9,11,19-21,30-31H,2-4,10,12-18,22-24H2,1H3,(H2,51,55)(H,57,66)(H,58,67)(H,59,74)(H,69,70)(H,71,72)(H3,52,54,60,61,68)/t30-,31-/m0/s1. The number of piperidine rings is 1. The van der Waals surface area contributed by atoms with Crippen LogP contribution in [0.3, 0.4) is 0 Å². The van der Waals surface area contributed by atoms with Gasteiger partial charge in [0.1, 0.15) is 35.8 Å². The average Bonchev–Trinajstić information content (AvgIpc) is 3.80. The number of aliphatic carboxylic acids is 2. The number of hydrogen-bond acceptors (Lipinski definition) is 19. The molecule has 78 heavy (non-hydrogen) atoms. The number of aryl methyl sites for hydroxylation is 1. The molecule has 26 nitrogen and oxygen atoms in total. The number of H-pyrrole nitrogens is 2. The van der Waals surface area contributed by atoms with Crippen LogP contribution in [-0.4, -0.2) is 153 Å². The Morgan fingerprint density at radius 3 is 2.29 bits per heavy atom. The topological polar surface area (TPSA) is 373 Å². The van der Waals surface area contributed by atoms with Crippen LogP contribution in [0.2, 0.25) is 0 Å². The zero-order valence-electron chi connectivity index (χ0n) is 41.4. The van der Waals surface area contributed by atoms with Crippen molar-refractivity contribution in [3.05, 3.63) is 98.2 Å². The number of rotatable bonds is 23. The number of imidazole rings is 1. The summed E-state index contributed by atoms with van der Waals surface area (Å²) in [5, 5.41) is 24.2. The lowest BCUT2D eigenvalue weighted by molar-refractivity contribution is -0.170. The third kappa shape index (κ3) is 15.0. The van der Waals surface area contributed by atoms with E-state index in [0.29, 0.717) is 34.7 Å². The SMILES string of the molecule is Cc1cc2c([nH]c(=O)n2Cc2ccc(N(CCN3CCCCC3)C(=O)OCCSSC[C@H](NC(=O)CC[C@H](NC(=O)c3ccc(N(Cc4cnc5nc(N)[nH]c(=O)c5n4)C(=O)C(F)(F)F)cc3)C(=O)O)C(=O)O)nc2)c(N)n1. The smallest absolute Gasteiger partial charge is 0.471 e. The quantitative estimate of drug-likeness (QED) is 0.0338. The highest BCUT2D eigenvalue weighted by atomic mass is 33.1. The number of anilines is 4. The van der Waals surface area contributed by atoms with Crippen LogP contribution in [0, 0.1) is 6.92 Å². The number of nitrogens with two attached hydrogens (primary N) is 2. The number of nitrogens with one attached hydrogen (secondary N) is 4. The van der Waals surface area contributed by atoms with Gasteiger partial charge in [0.25, 0.3) is 11.5 Å². The molecule has 1 saturated heterocycles. The van der Waals surface area contributed by atoms with Crippen molar-refractivity contribution >= 4 is 103 Å². The zero-order valence-corrected chi connectivity index (χ0v) is 43.1. The van der Waals surface area contributed by atoms with Crippen LogP contribution < -0.4 is 43.1 Å². The van der Waals surface area contributed by atoms with Crippen LogP contribution in [0.25, 0.3) is 22.2 Å². The Balaban J connectivity index is 0.876. The van der Waals surface area contributed by atoms with E-state index in [-0.39, 0.29) is 81.7 Å². The van der Waals surface area contributed by atoms with Crippen molar-refractivity contribution in [3.63, 3.8) is 0 Å². The van der Waals surface area contributed by atoms with Crippen LogP contribution in [0.1, 0.15) is 59.4 Å². The number of carboxylic acid groups (broad SMARTS) is 2. The van der Waals surface area contributed by atoms with E-state index >= 15 is 0 Å². The summed E-state index contributed by atoms with van der Waals surface area (Å²) in [5.74, 6) is -6.78. The second-order valence-electron chi connectivity index (χ2n) is 17.6. The number of aromatic nitrogens is 8. The van der Waals surface area contributed by atoms with Crippen LogP contribution in [-0.2, 0) is 37.0 Å². The molecule has 10 N–H and O–H groups in total. The molecule has 414 valence electrons. The molecule has 0 aliphatic carbocycles. The largest absolute Gasteiger partial charge is 0.480 e. The highest BCUT2D eigenvalue weighted by Gasteiger charge is 2.43. The summed E-state index contributed by atoms with van der Waals surface area (Å²) in [7, 11) is 2.25. The Kier molecular flexibility index (Phi) is 18.9. The summed E-state index contributed by atoms with van der Waals surface area (Å²) in [6.45, 7) is 3.68. The number of halogens is 3. The summed E-state index contributed by atoms with van der Waals surface area (Å²) < 4.78 is 48.3. The number of benzene rings is 1. The average molecular weight is 1120 g/mol. The maximum atomic E-state index is 13.7. The molecule has 31 heteroatoms. The third-order valence-corrected chi connectivity index (χ3v) is 14.4. The van der Waals surface area contributed by atoms with Crippen LogP contribution in [0.15, 0.2) is 64.4 Å². The summed E-state index contributed by atoms with van der Waals surface area (Å²) in [4.78, 5) is 131. The monoisotopic (exact) mass is 1120 g/mol. The minimum Gasteiger partial charge on any atom is -0.480 e. The predicted molar refractivity (Wildman–Crippen MR) is 280 cm³/mol. The number of ether oxygens (including phenoxy) is 1. The summed E-state index contributed by atoms with van der Waals surface area (Å²) in [6.07, 6.45) is -1.28. The Hall–Kier alpha value is -8.32. The molecule has 7 rings (SSSR count). The van der Waals surface area contributed by atoms with Crippen LogP contribution >= 0.6 is 21.6 Å². The van der Waals surface area contributed by atoms with E-state index in [1.165, 1.54) is 20.3 Å². The maximum Gasteiger partial charge on any atom is 0.471 e. The molecule has 2 atom stereocenters. The molecular weight excluding hydrogens is 1070 g/mol. The lowest BCUT2D eigenvalue weighted by Crippen LogP contribution is -2.44. The van der Waals surface area contributed by atoms with Gasteiger partial charge in [-0.1, -0.05) is 34.1 Å². The van der Waals surface area contributed by atoms with Gasteiger partial charge in [-0.15, -0.1) is 0 Å². The van der Waals surface area contributed by atoms with Gasteiger partial charge in [0.05, 0.1) is 30.5 Å². The number of carboxylic acids is 2. The van der Waals surface area contributed by atoms with E-state index in [2.05, 4.69) is 50.4 Å². The predicted octanol–water partition coefficient (Wildman–Crippen LogP) is 2.81. The molecular formula is C47H52F3N15O11S2. The molecule has 6 aromatic rings. The summed E-state index contributed by atoms with van der Waals surface area (Å²) in [5.41, 5.74) is 11.3. The van der Waals surface area contributed by atoms with Gasteiger partial charge in [-0.25, -0.2) is 39.1 Å². The lowest BCUT2D eigenvalue weighted by atomic mass is 10.1. The highest BCUT2D eigenvalue weighted by molar-refractivity contribution is 8.76. The maximum absolute atomic E-state index is 13.7. The number of pyridine rings is 2. The number of alkyl halides is 3. The molecule has 1 aliphatic rings. The number of hydrogen-bond donors (Lipinski definition) is 8. The lowest BCUT2D eigenvalue weighted by Gasteiger charge is -2.29. The molecule has 0 unspecified atom stereocenters. The van der Waals surface area contributed by atoms with Crippen molar-refractivity contribution in [2.75, 3.05) is 65.6 Å². The second kappa shape index (κ2) is 25.7. The number of nitrogens with zero attached hydrogens (tertiary/aromatic N) is 9. The molecule has 1 aromatic carbocycles. The number of aromatic amines is 2. The molecule has 6 heterocycles. The van der Waals surface area contributed by atoms with Crippen molar-refractivity contribution in [1.29, 1.82) is 0 Å². The Morgan fingerprint density at radius 1 is 0.885 bits per heavy atom. The van der Waals surface area contributed by atoms with Gasteiger partial charge in [0, 0.05) is 54.2 Å². The van der Waals surface area contributed by atoms with Crippen LogP contribution in [0.5, 0.6) is 0 Å². The minimum atomic E-state index is -5.37. The van der Waals surface area contributed by atoms with Gasteiger partial charge < -0.3 is 46.9 Å². The van der Waals surface area contributed by atoms with E-state index in [4.69, 9.17) is 16.2 Å². The fourth-order valence-corrected chi connectivity index (χ4v) is 10.1. The number of nitrogen functional groups attached to an aromatic ring is 2. The molecule has 0 spiro atoms. The van der Waals surface area contributed by atoms with E-state index in [0.717, 1.165) is 73.6 Å². The number of carbonyl (C=O) groups is 6. The number of likely N-dealkylation sites (tertiary alicyclic amines) is 1. The molecule has 5 aromatic heterocycles. The number of fused-ring (bicyclic) bond motifs is 2. The third-order valence-electron chi connectivity index (χ3n) is 12.0. The molecule has 0 bridgehead atoms. The molecule has 0 saturated carbocycles. The van der Waals surface area contributed by atoms with Crippen LogP contribution in [0.4, 0.5) is 41.2 Å². The van der Waals surface area contributed by atoms with E-state index < -0.39 is 79.0 Å². The fraction of sp³-hybridized carbons (Fsp3) is 0.383. The molecule has 0 radical (unpaired) electrons. The van der Waals surface area contributed by atoms with Gasteiger partial charge in [-0.3, -0.25) is 38.5 Å². The van der Waals surface area contributed by atoms with Gasteiger partial charge in [-0.2, -0.15) is 18.2 Å². The fourth-order valence-electron chi connectivity index (χ4n) is 8.10. The molecule has 4 amide bonds. The Bertz CT molecular complexity index is 3300. The van der Waals surface area contributed by atoms with Crippen molar-refractivity contribution in [2.24, 2.45) is 0 Å². The first-order chi connectivity index (χ1) is 37.1. The van der Waals surface area contributed by atoms with E-state index in [9.17, 15) is 61.7 Å². The number of amides is 4. The first kappa shape index (κ1) is 57.4. The summed E-state index contributed by atoms with van der Waals surface area (Å²) >= 11 is 0. The Morgan fingerprint density at radius 2 is 1.62 bits per heavy atom. The van der Waals surface area contributed by atoms with Crippen molar-refractivity contribution < 1.29 is 56.9 Å². The number of carbonyl (C=O) groups excluding carboxylic acids is 4. The first-order valence-electron chi connectivity index (χ1n) is 23.9. The summed E-state index contributed by atoms with van der Waals surface area (Å²) in [6, 6.07) is 6.10. The van der Waals surface area contributed by atoms with Gasteiger partial charge in [0.2, 0.25) is 11.9 Å². The van der Waals surface area contributed by atoms with E-state index in [1.807, 2.05) is 0 Å². The van der Waals surface area contributed by atoms with Crippen molar-refractivity contribution in [3.8, 4) is 0 Å². The Labute approximate surface area is 447 Å². The normalized spacial score (nSPS) is 13.6. The second-order valence-corrected chi connectivity index (χ2v) is 20.3. The highest BCUT2D eigenvalue weighted by Crippen LogP contribution is 2.27. The molecule has 1 aliphatic heterocycles.